The van der Waals surface area contributed by atoms with E-state index in [1.54, 1.807) is 17.5 Å². The molecule has 2 heterocycles. The number of benzene rings is 1. The van der Waals surface area contributed by atoms with E-state index >= 15 is 0 Å². The number of thiazole rings is 1. The van der Waals surface area contributed by atoms with Gasteiger partial charge in [-0.25, -0.2) is 4.98 Å². The van der Waals surface area contributed by atoms with Crippen LogP contribution < -0.4 is 0 Å². The summed E-state index contributed by atoms with van der Waals surface area (Å²) in [4.78, 5) is 8.94. The number of pyridine rings is 1. The zero-order chi connectivity index (χ0) is 13.8. The molecule has 0 unspecified atom stereocenters. The lowest BCUT2D eigenvalue weighted by molar-refractivity contribution is 1.05. The number of aromatic nitrogens is 2. The lowest BCUT2D eigenvalue weighted by atomic mass is 10.1. The summed E-state index contributed by atoms with van der Waals surface area (Å²) >= 11 is 1.63. The summed E-state index contributed by atoms with van der Waals surface area (Å²) in [6, 6.07) is 15.5. The van der Waals surface area contributed by atoms with Crippen molar-refractivity contribution in [1.82, 2.24) is 9.97 Å². The van der Waals surface area contributed by atoms with E-state index in [0.29, 0.717) is 5.56 Å². The van der Waals surface area contributed by atoms with E-state index in [1.807, 2.05) is 47.8 Å². The molecule has 3 aromatic rings. The first-order valence-corrected chi connectivity index (χ1v) is 7.08. The summed E-state index contributed by atoms with van der Waals surface area (Å²) in [6.45, 7) is 0. The molecule has 20 heavy (non-hydrogen) atoms. The van der Waals surface area contributed by atoms with E-state index in [-0.39, 0.29) is 0 Å². The highest BCUT2D eigenvalue weighted by molar-refractivity contribution is 7.10. The van der Waals surface area contributed by atoms with Crippen molar-refractivity contribution in [2.45, 2.75) is 6.42 Å². The van der Waals surface area contributed by atoms with Gasteiger partial charge < -0.3 is 0 Å². The zero-order valence-electron chi connectivity index (χ0n) is 10.7. The van der Waals surface area contributed by atoms with Gasteiger partial charge >= 0.3 is 0 Å². The topological polar surface area (TPSA) is 49.6 Å². The number of hydrogen-bond acceptors (Lipinski definition) is 4. The van der Waals surface area contributed by atoms with Crippen LogP contribution in [-0.2, 0) is 6.42 Å². The van der Waals surface area contributed by atoms with Crippen molar-refractivity contribution >= 4 is 11.3 Å². The predicted octanol–water partition coefficient (Wildman–Crippen LogP) is 3.67. The summed E-state index contributed by atoms with van der Waals surface area (Å²) in [5.41, 5.74) is 3.67. The number of nitriles is 1. The zero-order valence-corrected chi connectivity index (χ0v) is 11.5. The van der Waals surface area contributed by atoms with Crippen LogP contribution in [0.1, 0.15) is 16.3 Å². The molecular formula is C16H11N3S. The molecule has 3 nitrogen and oxygen atoms in total. The van der Waals surface area contributed by atoms with Gasteiger partial charge in [0.2, 0.25) is 0 Å². The monoisotopic (exact) mass is 277 g/mol. The quantitative estimate of drug-likeness (QED) is 0.734. The van der Waals surface area contributed by atoms with Gasteiger partial charge in [0.1, 0.15) is 0 Å². The molecule has 96 valence electrons. The van der Waals surface area contributed by atoms with E-state index < -0.39 is 0 Å². The highest BCUT2D eigenvalue weighted by Crippen LogP contribution is 2.23. The third kappa shape index (κ3) is 2.73. The fourth-order valence-electron chi connectivity index (χ4n) is 1.90. The molecule has 2 aromatic heterocycles. The van der Waals surface area contributed by atoms with Crippen molar-refractivity contribution in [2.75, 3.05) is 0 Å². The number of hydrogen-bond donors (Lipinski definition) is 0. The average Bonchev–Trinajstić information content (AvgIpc) is 2.97. The Morgan fingerprint density at radius 2 is 1.95 bits per heavy atom. The second kappa shape index (κ2) is 5.64. The van der Waals surface area contributed by atoms with Crippen LogP contribution in [0.4, 0.5) is 0 Å². The minimum Gasteiger partial charge on any atom is -0.261 e. The Bertz CT molecular complexity index is 739. The average molecular weight is 277 g/mol. The van der Waals surface area contributed by atoms with Crippen molar-refractivity contribution < 1.29 is 0 Å². The van der Waals surface area contributed by atoms with Gasteiger partial charge in [0.05, 0.1) is 22.3 Å². The maximum absolute atomic E-state index is 8.80. The SMILES string of the molecule is N#Cc1ccc(-c2csc(Cc3ccccn3)n2)cc1. The molecule has 0 N–H and O–H groups in total. The smallest absolute Gasteiger partial charge is 0.0992 e. The molecule has 3 rings (SSSR count). The maximum atomic E-state index is 8.80. The first kappa shape index (κ1) is 12.5. The maximum Gasteiger partial charge on any atom is 0.0992 e. The molecule has 0 aliphatic rings. The summed E-state index contributed by atoms with van der Waals surface area (Å²) in [5.74, 6) is 0. The van der Waals surface area contributed by atoms with Gasteiger partial charge in [-0.05, 0) is 24.3 Å². The molecule has 0 aliphatic carbocycles. The van der Waals surface area contributed by atoms with Gasteiger partial charge in [-0.3, -0.25) is 4.98 Å². The fourth-order valence-corrected chi connectivity index (χ4v) is 2.72. The Morgan fingerprint density at radius 1 is 1.10 bits per heavy atom. The highest BCUT2D eigenvalue weighted by Gasteiger charge is 2.06. The number of nitrogens with zero attached hydrogens (tertiary/aromatic N) is 3. The third-order valence-corrected chi connectivity index (χ3v) is 3.77. The summed E-state index contributed by atoms with van der Waals surface area (Å²) in [7, 11) is 0. The largest absolute Gasteiger partial charge is 0.261 e. The van der Waals surface area contributed by atoms with Crippen LogP contribution in [0.3, 0.4) is 0 Å². The Labute approximate surface area is 121 Å². The second-order valence-corrected chi connectivity index (χ2v) is 5.26. The van der Waals surface area contributed by atoms with Crippen LogP contribution in [0.5, 0.6) is 0 Å². The Kier molecular flexibility index (Phi) is 3.53. The minimum atomic E-state index is 0.665. The van der Waals surface area contributed by atoms with Crippen molar-refractivity contribution in [2.24, 2.45) is 0 Å². The third-order valence-electron chi connectivity index (χ3n) is 2.92. The molecule has 0 atom stereocenters. The summed E-state index contributed by atoms with van der Waals surface area (Å²) in [5, 5.41) is 11.9. The lowest BCUT2D eigenvalue weighted by Gasteiger charge is -1.97. The van der Waals surface area contributed by atoms with Gasteiger partial charge in [-0.2, -0.15) is 5.26 Å². The van der Waals surface area contributed by atoms with Gasteiger partial charge in [0.25, 0.3) is 0 Å². The van der Waals surface area contributed by atoms with Crippen LogP contribution in [0.15, 0.2) is 54.0 Å². The minimum absolute atomic E-state index is 0.665. The molecule has 0 fully saturated rings. The molecule has 0 bridgehead atoms. The van der Waals surface area contributed by atoms with Crippen molar-refractivity contribution in [1.29, 1.82) is 5.26 Å². The fraction of sp³-hybridized carbons (Fsp3) is 0.0625. The summed E-state index contributed by atoms with van der Waals surface area (Å²) < 4.78 is 0. The summed E-state index contributed by atoms with van der Waals surface area (Å²) in [6.07, 6.45) is 2.55. The first-order chi connectivity index (χ1) is 9.85. The first-order valence-electron chi connectivity index (χ1n) is 6.20. The standard InChI is InChI=1S/C16H11N3S/c17-10-12-4-6-13(7-5-12)15-11-20-16(19-15)9-14-3-1-2-8-18-14/h1-8,11H,9H2. The molecule has 4 heteroatoms. The van der Waals surface area contributed by atoms with Crippen LogP contribution in [-0.4, -0.2) is 9.97 Å². The second-order valence-electron chi connectivity index (χ2n) is 4.31. The highest BCUT2D eigenvalue weighted by atomic mass is 32.1. The molecule has 0 radical (unpaired) electrons. The van der Waals surface area contributed by atoms with Crippen molar-refractivity contribution in [3.8, 4) is 17.3 Å². The van der Waals surface area contributed by atoms with E-state index in [1.165, 1.54) is 0 Å². The number of rotatable bonds is 3. The van der Waals surface area contributed by atoms with E-state index in [4.69, 9.17) is 5.26 Å². The van der Waals surface area contributed by atoms with E-state index in [2.05, 4.69) is 16.0 Å². The molecule has 0 saturated carbocycles. The van der Waals surface area contributed by atoms with Gasteiger partial charge in [0, 0.05) is 29.3 Å². The Balaban J connectivity index is 1.81. The van der Waals surface area contributed by atoms with Crippen LogP contribution >= 0.6 is 11.3 Å². The van der Waals surface area contributed by atoms with E-state index in [9.17, 15) is 0 Å². The van der Waals surface area contributed by atoms with Crippen LogP contribution in [0, 0.1) is 11.3 Å². The van der Waals surface area contributed by atoms with Gasteiger partial charge in [-0.15, -0.1) is 11.3 Å². The lowest BCUT2D eigenvalue weighted by Crippen LogP contribution is -1.90. The van der Waals surface area contributed by atoms with Crippen LogP contribution in [0.25, 0.3) is 11.3 Å². The Hall–Kier alpha value is -2.51. The molecule has 0 aliphatic heterocycles. The van der Waals surface area contributed by atoms with E-state index in [0.717, 1.165) is 28.4 Å². The molecule has 0 saturated heterocycles. The predicted molar refractivity (Wildman–Crippen MR) is 79.3 cm³/mol. The van der Waals surface area contributed by atoms with Gasteiger partial charge in [0.15, 0.2) is 0 Å². The van der Waals surface area contributed by atoms with Gasteiger partial charge in [-0.1, -0.05) is 18.2 Å². The van der Waals surface area contributed by atoms with Crippen molar-refractivity contribution in [3.05, 3.63) is 70.3 Å². The molecule has 1 aromatic carbocycles. The normalized spacial score (nSPS) is 10.2. The Morgan fingerprint density at radius 3 is 2.65 bits per heavy atom. The van der Waals surface area contributed by atoms with Crippen LogP contribution in [0.2, 0.25) is 0 Å². The van der Waals surface area contributed by atoms with Crippen molar-refractivity contribution in [3.63, 3.8) is 0 Å². The molecule has 0 spiro atoms. The molecule has 0 amide bonds. The molecular weight excluding hydrogens is 266 g/mol.